The van der Waals surface area contributed by atoms with Gasteiger partial charge in [-0.25, -0.2) is 0 Å². The molecule has 0 bridgehead atoms. The van der Waals surface area contributed by atoms with E-state index in [4.69, 9.17) is 4.55 Å². The molecule has 168 valence electrons. The van der Waals surface area contributed by atoms with Crippen molar-refractivity contribution >= 4 is 16.2 Å². The number of halogens is 15. The van der Waals surface area contributed by atoms with Crippen LogP contribution in [0.25, 0.3) is 0 Å². The molecule has 0 unspecified atom stereocenters. The summed E-state index contributed by atoms with van der Waals surface area (Å²) in [4.78, 5) is 9.58. The summed E-state index contributed by atoms with van der Waals surface area (Å²) in [7, 11) is -7.82. The number of carbonyl (C=O) groups excluding carboxylic acids is 1. The molecular weight excluding hydrogens is 477 g/mol. The van der Waals surface area contributed by atoms with Crippen molar-refractivity contribution in [1.29, 1.82) is 0 Å². The molecule has 0 heterocycles. The molecule has 4 nitrogen and oxygen atoms in total. The molecule has 0 aromatic rings. The molecular formula is C8HF15O4S. The van der Waals surface area contributed by atoms with Crippen LogP contribution < -0.4 is 0 Å². The van der Waals surface area contributed by atoms with Gasteiger partial charge < -0.3 is 0 Å². The number of carbonyl (C=O) groups is 1. The van der Waals surface area contributed by atoms with Crippen molar-refractivity contribution in [3.63, 3.8) is 0 Å². The highest BCUT2D eigenvalue weighted by Gasteiger charge is 2.95. The zero-order valence-electron chi connectivity index (χ0n) is 11.7. The molecule has 0 amide bonds. The van der Waals surface area contributed by atoms with Crippen LogP contribution in [0.1, 0.15) is 0 Å². The van der Waals surface area contributed by atoms with Gasteiger partial charge in [0.05, 0.1) is 0 Å². The number of hydrogen-bond donors (Lipinski definition) is 1. The van der Waals surface area contributed by atoms with Gasteiger partial charge in [-0.3, -0.25) is 9.35 Å². The predicted molar refractivity (Wildman–Crippen MR) is 52.3 cm³/mol. The van der Waals surface area contributed by atoms with Crippen molar-refractivity contribution < 1.29 is 83.6 Å². The third-order valence-electron chi connectivity index (χ3n) is 2.91. The summed E-state index contributed by atoms with van der Waals surface area (Å²) in [6.07, 6.45) is 0. The molecule has 0 saturated heterocycles. The van der Waals surface area contributed by atoms with E-state index in [1.807, 2.05) is 0 Å². The molecule has 0 aliphatic rings. The van der Waals surface area contributed by atoms with Crippen LogP contribution in [0, 0.1) is 0 Å². The maximum Gasteiger partial charge on any atom is 0.438 e. The maximum atomic E-state index is 13.0. The van der Waals surface area contributed by atoms with Crippen LogP contribution in [-0.4, -0.2) is 59.8 Å². The highest BCUT2D eigenvalue weighted by Crippen LogP contribution is 2.62. The van der Waals surface area contributed by atoms with Gasteiger partial charge >= 0.3 is 56.9 Å². The topological polar surface area (TPSA) is 71.4 Å². The monoisotopic (exact) mass is 478 g/mol. The second-order valence-electron chi connectivity index (χ2n) is 4.71. The van der Waals surface area contributed by atoms with E-state index >= 15 is 0 Å². The minimum absolute atomic E-state index is 4.84. The summed E-state index contributed by atoms with van der Waals surface area (Å²) in [6.45, 7) is 0. The Morgan fingerprint density at radius 2 is 0.821 bits per heavy atom. The fraction of sp³-hybridized carbons (Fsp3) is 0.875. The molecule has 0 rings (SSSR count). The Morgan fingerprint density at radius 3 is 1.07 bits per heavy atom. The van der Waals surface area contributed by atoms with Gasteiger partial charge in [-0.2, -0.15) is 74.3 Å². The smallest absolute Gasteiger partial charge is 0.281 e. The highest BCUT2D eigenvalue weighted by atomic mass is 32.2. The molecule has 1 N–H and O–H groups in total. The summed E-state index contributed by atoms with van der Waals surface area (Å²) >= 11 is 0. The largest absolute Gasteiger partial charge is 0.438 e. The number of alkyl halides is 14. The van der Waals surface area contributed by atoms with E-state index in [9.17, 15) is 79.1 Å². The SMILES string of the molecule is O=C(F)C(F)(F)C(F)(F)C(F)(F)C(F)(F)C(F)(F)C(F)(F)C(F)(F)S(=O)(=O)O. The van der Waals surface area contributed by atoms with Gasteiger partial charge in [0.2, 0.25) is 0 Å². The summed E-state index contributed by atoms with van der Waals surface area (Å²) in [5, 5.41) is -7.75. The molecule has 0 atom stereocenters. The molecule has 0 aliphatic carbocycles. The third kappa shape index (κ3) is 2.98. The summed E-state index contributed by atoms with van der Waals surface area (Å²) in [5.74, 6) is -50.0. The lowest BCUT2D eigenvalue weighted by molar-refractivity contribution is -0.432. The zero-order chi connectivity index (χ0) is 23.6. The first-order valence-electron chi connectivity index (χ1n) is 5.51. The molecule has 0 aromatic carbocycles. The second kappa shape index (κ2) is 6.26. The third-order valence-corrected chi connectivity index (χ3v) is 3.81. The Kier molecular flexibility index (Phi) is 5.93. The van der Waals surface area contributed by atoms with Gasteiger partial charge in [0.25, 0.3) is 0 Å². The first kappa shape index (κ1) is 26.5. The Labute approximate surface area is 142 Å². The van der Waals surface area contributed by atoms with Crippen LogP contribution >= 0.6 is 0 Å². The Hall–Kier alpha value is -1.47. The lowest BCUT2D eigenvalue weighted by Gasteiger charge is -2.41. The first-order valence-corrected chi connectivity index (χ1v) is 6.95. The van der Waals surface area contributed by atoms with E-state index in [1.165, 1.54) is 0 Å². The van der Waals surface area contributed by atoms with E-state index in [0.29, 0.717) is 0 Å². The van der Waals surface area contributed by atoms with Crippen LogP contribution in [0.4, 0.5) is 65.9 Å². The van der Waals surface area contributed by atoms with E-state index < -0.39 is 56.9 Å². The van der Waals surface area contributed by atoms with E-state index in [2.05, 4.69) is 0 Å². The van der Waals surface area contributed by atoms with Crippen LogP contribution in [0.3, 0.4) is 0 Å². The highest BCUT2D eigenvalue weighted by molar-refractivity contribution is 7.87. The van der Waals surface area contributed by atoms with E-state index in [-0.39, 0.29) is 0 Å². The molecule has 20 heteroatoms. The van der Waals surface area contributed by atoms with Crippen molar-refractivity contribution in [1.82, 2.24) is 0 Å². The summed E-state index contributed by atoms with van der Waals surface area (Å²) in [5.41, 5.74) is 0. The Bertz CT molecular complexity index is 739. The normalized spacial score (nSPS) is 16.3. The number of rotatable bonds is 8. The van der Waals surface area contributed by atoms with Gasteiger partial charge in [0.15, 0.2) is 0 Å². The average molecular weight is 478 g/mol. The van der Waals surface area contributed by atoms with Crippen molar-refractivity contribution in [2.75, 3.05) is 0 Å². The minimum atomic E-state index is -8.69. The summed E-state index contributed by atoms with van der Waals surface area (Å²) < 4.78 is 219. The maximum absolute atomic E-state index is 13.0. The molecule has 0 radical (unpaired) electrons. The van der Waals surface area contributed by atoms with E-state index in [0.717, 1.165) is 0 Å². The minimum Gasteiger partial charge on any atom is -0.281 e. The van der Waals surface area contributed by atoms with E-state index in [1.54, 1.807) is 0 Å². The van der Waals surface area contributed by atoms with Crippen LogP contribution in [0.5, 0.6) is 0 Å². The van der Waals surface area contributed by atoms with Gasteiger partial charge in [0, 0.05) is 0 Å². The molecule has 0 aromatic heterocycles. The Balaban J connectivity index is 6.85. The Morgan fingerprint density at radius 1 is 0.571 bits per heavy atom. The quantitative estimate of drug-likeness (QED) is 0.328. The average Bonchev–Trinajstić information content (AvgIpc) is 2.44. The van der Waals surface area contributed by atoms with Gasteiger partial charge in [-0.15, -0.1) is 0 Å². The lowest BCUT2D eigenvalue weighted by Crippen LogP contribution is -2.74. The van der Waals surface area contributed by atoms with Crippen molar-refractivity contribution in [3.8, 4) is 0 Å². The first-order chi connectivity index (χ1) is 11.7. The molecule has 0 saturated carbocycles. The van der Waals surface area contributed by atoms with Gasteiger partial charge in [-0.05, 0) is 0 Å². The van der Waals surface area contributed by atoms with Crippen LogP contribution in [-0.2, 0) is 14.9 Å². The molecule has 0 spiro atoms. The molecule has 28 heavy (non-hydrogen) atoms. The van der Waals surface area contributed by atoms with Crippen molar-refractivity contribution in [3.05, 3.63) is 0 Å². The predicted octanol–water partition coefficient (Wildman–Crippen LogP) is 3.77. The van der Waals surface area contributed by atoms with Crippen LogP contribution in [0.15, 0.2) is 0 Å². The van der Waals surface area contributed by atoms with Crippen molar-refractivity contribution in [2.45, 2.75) is 40.8 Å². The molecule has 0 fully saturated rings. The standard InChI is InChI=1S/C8HF15O4S/c9-1(24)2(10,11)3(12,13)4(14,15)5(16,17)6(18,19)7(20,21)8(22,23)28(25,26)27/h(H,25,26,27). The summed E-state index contributed by atoms with van der Waals surface area (Å²) in [6, 6.07) is -4.84. The second-order valence-corrected chi connectivity index (χ2v) is 6.17. The number of hydrogen-bond acceptors (Lipinski definition) is 3. The molecule has 0 aliphatic heterocycles. The van der Waals surface area contributed by atoms with Gasteiger partial charge in [-0.1, -0.05) is 0 Å². The lowest BCUT2D eigenvalue weighted by atomic mass is 9.91. The van der Waals surface area contributed by atoms with Gasteiger partial charge in [0.1, 0.15) is 0 Å². The van der Waals surface area contributed by atoms with Crippen molar-refractivity contribution in [2.24, 2.45) is 0 Å². The fourth-order valence-electron chi connectivity index (χ4n) is 1.26. The fourth-order valence-corrected chi connectivity index (χ4v) is 1.71. The van der Waals surface area contributed by atoms with Crippen LogP contribution in [0.2, 0.25) is 0 Å². The zero-order valence-corrected chi connectivity index (χ0v) is 12.6.